The third kappa shape index (κ3) is 8.02. The first-order chi connectivity index (χ1) is 3.93. The topological polar surface area (TPSA) is 0 Å². The molecule has 11 heavy (non-hydrogen) atoms. The minimum absolute atomic E-state index is 0. The predicted molar refractivity (Wildman–Crippen MR) is 39.9 cm³/mol. The summed E-state index contributed by atoms with van der Waals surface area (Å²) in [5, 5.41) is 0. The molecule has 0 spiro atoms. The summed E-state index contributed by atoms with van der Waals surface area (Å²) < 4.78 is 0. The molecule has 0 amide bonds. The molecule has 1 fully saturated rings. The van der Waals surface area contributed by atoms with E-state index >= 15 is 0 Å². The van der Waals surface area contributed by atoms with Crippen LogP contribution in [0.4, 0.5) is 0 Å². The van der Waals surface area contributed by atoms with Gasteiger partial charge in [0.25, 0.3) is 0 Å². The Balaban J connectivity index is -0.000000213. The van der Waals surface area contributed by atoms with Crippen LogP contribution in [0.1, 0.15) is 32.1 Å². The molecular weight excluding hydrogens is 274 g/mol. The summed E-state index contributed by atoms with van der Waals surface area (Å²) in [6, 6.07) is 1.44. The van der Waals surface area contributed by atoms with E-state index in [2.05, 4.69) is 10.2 Å². The van der Waals surface area contributed by atoms with E-state index < -0.39 is 0 Å². The molecule has 0 atom stereocenters. The van der Waals surface area contributed by atoms with E-state index in [0.29, 0.717) is 0 Å². The molecule has 0 N–H and O–H groups in total. The van der Waals surface area contributed by atoms with Crippen molar-refractivity contribution in [1.29, 1.82) is 0 Å². The Kier molecular flexibility index (Phi) is 19.6. The Morgan fingerprint density at radius 2 is 1.45 bits per heavy atom. The SMILES string of the molecule is [Cl-].[Cl-].[SiH2]CC1CCCCC1.[Zr+2]. The zero-order chi connectivity index (χ0) is 5.82. The van der Waals surface area contributed by atoms with Crippen molar-refractivity contribution in [2.45, 2.75) is 38.1 Å². The van der Waals surface area contributed by atoms with E-state index in [-0.39, 0.29) is 51.0 Å². The van der Waals surface area contributed by atoms with E-state index in [1.807, 2.05) is 0 Å². The molecule has 1 rings (SSSR count). The molecule has 0 aromatic carbocycles. The van der Waals surface area contributed by atoms with Crippen LogP contribution in [-0.4, -0.2) is 10.2 Å². The fourth-order valence-electron chi connectivity index (χ4n) is 1.48. The molecule has 0 aromatic rings. The van der Waals surface area contributed by atoms with Crippen molar-refractivity contribution in [3.05, 3.63) is 0 Å². The second kappa shape index (κ2) is 11.7. The van der Waals surface area contributed by atoms with Crippen LogP contribution in [0.2, 0.25) is 6.04 Å². The van der Waals surface area contributed by atoms with E-state index in [9.17, 15) is 0 Å². The number of rotatable bonds is 1. The van der Waals surface area contributed by atoms with Gasteiger partial charge in [0, 0.05) is 10.2 Å². The smallest absolute Gasteiger partial charge is 1.00 e. The molecule has 1 saturated carbocycles. The molecule has 0 unspecified atom stereocenters. The van der Waals surface area contributed by atoms with Gasteiger partial charge in [-0.25, -0.2) is 0 Å². The Labute approximate surface area is 105 Å². The van der Waals surface area contributed by atoms with E-state index in [1.165, 1.54) is 38.1 Å². The summed E-state index contributed by atoms with van der Waals surface area (Å²) >= 11 is 0. The van der Waals surface area contributed by atoms with Crippen molar-refractivity contribution in [2.24, 2.45) is 5.92 Å². The van der Waals surface area contributed by atoms with Crippen LogP contribution in [0.3, 0.4) is 0 Å². The van der Waals surface area contributed by atoms with Crippen molar-refractivity contribution in [1.82, 2.24) is 0 Å². The fourth-order valence-corrected chi connectivity index (χ4v) is 2.05. The van der Waals surface area contributed by atoms with Crippen molar-refractivity contribution >= 4 is 10.2 Å². The summed E-state index contributed by atoms with van der Waals surface area (Å²) in [7, 11) is 2.14. The molecule has 65 valence electrons. The molecular formula is C7H15Cl2SiZr. The Morgan fingerprint density at radius 3 is 1.73 bits per heavy atom. The Hall–Kier alpha value is 1.68. The minimum atomic E-state index is 0. The van der Waals surface area contributed by atoms with Crippen molar-refractivity contribution in [2.75, 3.05) is 0 Å². The van der Waals surface area contributed by atoms with Crippen LogP contribution in [0.5, 0.6) is 0 Å². The van der Waals surface area contributed by atoms with Gasteiger partial charge in [-0.2, -0.15) is 0 Å². The predicted octanol–water partition coefficient (Wildman–Crippen LogP) is -4.38. The molecule has 0 bridgehead atoms. The van der Waals surface area contributed by atoms with Gasteiger partial charge in [-0.05, 0) is 5.92 Å². The van der Waals surface area contributed by atoms with Gasteiger partial charge in [0.05, 0.1) is 0 Å². The van der Waals surface area contributed by atoms with Gasteiger partial charge in [0.1, 0.15) is 0 Å². The summed E-state index contributed by atoms with van der Waals surface area (Å²) in [4.78, 5) is 0. The molecule has 4 heteroatoms. The average Bonchev–Trinajstić information content (AvgIpc) is 1.90. The van der Waals surface area contributed by atoms with Gasteiger partial charge in [0.15, 0.2) is 0 Å². The first kappa shape index (κ1) is 18.5. The van der Waals surface area contributed by atoms with Crippen molar-refractivity contribution in [3.8, 4) is 0 Å². The van der Waals surface area contributed by atoms with E-state index in [0.717, 1.165) is 5.92 Å². The molecule has 0 nitrogen and oxygen atoms in total. The van der Waals surface area contributed by atoms with E-state index in [4.69, 9.17) is 0 Å². The quantitative estimate of drug-likeness (QED) is 0.428. The van der Waals surface area contributed by atoms with Gasteiger partial charge in [-0.1, -0.05) is 38.1 Å². The second-order valence-electron chi connectivity index (χ2n) is 2.79. The summed E-state index contributed by atoms with van der Waals surface area (Å²) in [5.74, 6) is 1.10. The standard InChI is InChI=1S/C7H15Si.2ClH.Zr/c8-6-7-4-2-1-3-5-7;;;/h7H,1-6,8H2;2*1H;/q;;;+2/p-2. The van der Waals surface area contributed by atoms with Crippen LogP contribution >= 0.6 is 0 Å². The third-order valence-corrected chi connectivity index (χ3v) is 2.95. The monoisotopic (exact) mass is 287 g/mol. The normalized spacial score (nSPS) is 17.2. The maximum atomic E-state index is 2.14. The molecule has 0 saturated heterocycles. The maximum absolute atomic E-state index is 2.14. The summed E-state index contributed by atoms with van der Waals surface area (Å²) in [5.41, 5.74) is 0. The van der Waals surface area contributed by atoms with Crippen LogP contribution in [0, 0.1) is 5.92 Å². The maximum Gasteiger partial charge on any atom is 2.00 e. The van der Waals surface area contributed by atoms with Gasteiger partial charge in [-0.3, -0.25) is 0 Å². The zero-order valence-corrected chi connectivity index (χ0v) is 12.2. The number of hydrogen-bond acceptors (Lipinski definition) is 0. The summed E-state index contributed by atoms with van der Waals surface area (Å²) in [6.07, 6.45) is 7.54. The average molecular weight is 289 g/mol. The number of hydrogen-bond donors (Lipinski definition) is 0. The van der Waals surface area contributed by atoms with Crippen LogP contribution in [0.25, 0.3) is 0 Å². The van der Waals surface area contributed by atoms with Crippen molar-refractivity contribution in [3.63, 3.8) is 0 Å². The van der Waals surface area contributed by atoms with Crippen LogP contribution < -0.4 is 24.8 Å². The van der Waals surface area contributed by atoms with E-state index in [1.54, 1.807) is 0 Å². The largest absolute Gasteiger partial charge is 2.00 e. The molecule has 0 heterocycles. The first-order valence-corrected chi connectivity index (χ1v) is 4.72. The Morgan fingerprint density at radius 1 is 1.00 bits per heavy atom. The second-order valence-corrected chi connectivity index (χ2v) is 3.37. The molecule has 1 aliphatic carbocycles. The van der Waals surface area contributed by atoms with Crippen LogP contribution in [0.15, 0.2) is 0 Å². The molecule has 1 radical (unpaired) electrons. The van der Waals surface area contributed by atoms with Crippen molar-refractivity contribution < 1.29 is 51.0 Å². The van der Waals surface area contributed by atoms with Crippen LogP contribution in [-0.2, 0) is 26.2 Å². The Bertz CT molecular complexity index is 67.5. The third-order valence-electron chi connectivity index (χ3n) is 2.13. The molecule has 0 aromatic heterocycles. The van der Waals surface area contributed by atoms with Gasteiger partial charge >= 0.3 is 26.2 Å². The molecule has 0 aliphatic heterocycles. The fraction of sp³-hybridized carbons (Fsp3) is 1.00. The minimum Gasteiger partial charge on any atom is -1.00 e. The molecule has 1 aliphatic rings. The van der Waals surface area contributed by atoms with Gasteiger partial charge in [0.2, 0.25) is 0 Å². The summed E-state index contributed by atoms with van der Waals surface area (Å²) in [6.45, 7) is 0. The zero-order valence-electron chi connectivity index (χ0n) is 6.78. The number of halogens is 2. The van der Waals surface area contributed by atoms with Gasteiger partial charge in [-0.15, -0.1) is 0 Å². The van der Waals surface area contributed by atoms with Gasteiger partial charge < -0.3 is 24.8 Å². The first-order valence-electron chi connectivity index (χ1n) is 3.72.